The lowest BCUT2D eigenvalue weighted by atomic mass is 10.00. The molecule has 7 nitrogen and oxygen atoms in total. The molecule has 0 saturated heterocycles. The second-order valence-corrected chi connectivity index (χ2v) is 7.09. The van der Waals surface area contributed by atoms with Gasteiger partial charge in [0.15, 0.2) is 0 Å². The van der Waals surface area contributed by atoms with E-state index < -0.39 is 5.97 Å². The molecule has 7 heteroatoms. The Labute approximate surface area is 157 Å². The van der Waals surface area contributed by atoms with Crippen LogP contribution in [-0.2, 0) is 6.42 Å². The van der Waals surface area contributed by atoms with Crippen molar-refractivity contribution in [1.82, 2.24) is 14.7 Å². The summed E-state index contributed by atoms with van der Waals surface area (Å²) in [6.07, 6.45) is 2.97. The number of anilines is 2. The zero-order valence-electron chi connectivity index (χ0n) is 17.0. The van der Waals surface area contributed by atoms with Crippen LogP contribution in [0.3, 0.4) is 0 Å². The molecule has 0 radical (unpaired) electrons. The number of hydrogen-bond acceptors (Lipinski definition) is 6. The first-order valence-electron chi connectivity index (χ1n) is 9.14. The minimum Gasteiger partial charge on any atom is -0.478 e. The van der Waals surface area contributed by atoms with Gasteiger partial charge in [-0.1, -0.05) is 13.8 Å². The number of nitrogens with zero attached hydrogens (tertiary/aromatic N) is 3. The first kappa shape index (κ1) is 22.2. The number of carboxylic acids is 1. The summed E-state index contributed by atoms with van der Waals surface area (Å²) >= 11 is 0. The van der Waals surface area contributed by atoms with Crippen LogP contribution in [0.1, 0.15) is 42.6 Å². The van der Waals surface area contributed by atoms with Crippen LogP contribution in [0.2, 0.25) is 0 Å². The van der Waals surface area contributed by atoms with Crippen LogP contribution >= 0.6 is 0 Å². The summed E-state index contributed by atoms with van der Waals surface area (Å²) in [7, 11) is 8.28. The number of hydrogen-bond donors (Lipinski definition) is 3. The van der Waals surface area contributed by atoms with Crippen molar-refractivity contribution in [2.24, 2.45) is 0 Å². The molecule has 0 aliphatic carbocycles. The molecule has 2 unspecified atom stereocenters. The second-order valence-electron chi connectivity index (χ2n) is 7.09. The standard InChI is InChI=1S/C19H35N5O2/c1-7-16(22(3)4)24(17(8-2)23(5)6)12-11-13-14(19(25)26)9-10-15(20)18(13)21/h9-10,16-17H,7-8,11-12,20-21H2,1-6H3,(H,25,26). The third kappa shape index (κ3) is 5.09. The van der Waals surface area contributed by atoms with E-state index in [0.29, 0.717) is 29.9 Å². The lowest BCUT2D eigenvalue weighted by Crippen LogP contribution is -2.55. The maximum atomic E-state index is 11.6. The van der Waals surface area contributed by atoms with E-state index in [4.69, 9.17) is 11.5 Å². The number of carboxylic acid groups (broad SMARTS) is 1. The Morgan fingerprint density at radius 2 is 1.54 bits per heavy atom. The van der Waals surface area contributed by atoms with E-state index in [-0.39, 0.29) is 17.9 Å². The summed E-state index contributed by atoms with van der Waals surface area (Å²) in [5, 5.41) is 9.51. The number of benzene rings is 1. The fourth-order valence-corrected chi connectivity index (χ4v) is 3.68. The Kier molecular flexibility index (Phi) is 8.33. The van der Waals surface area contributed by atoms with E-state index in [2.05, 4.69) is 56.7 Å². The summed E-state index contributed by atoms with van der Waals surface area (Å²) in [5.41, 5.74) is 13.7. The third-order valence-electron chi connectivity index (χ3n) is 4.93. The van der Waals surface area contributed by atoms with Crippen molar-refractivity contribution >= 4 is 17.3 Å². The smallest absolute Gasteiger partial charge is 0.336 e. The predicted octanol–water partition coefficient (Wildman–Crippen LogP) is 1.99. The summed E-state index contributed by atoms with van der Waals surface area (Å²) in [5.74, 6) is -0.974. The first-order valence-corrected chi connectivity index (χ1v) is 9.14. The minimum absolute atomic E-state index is 0.229. The number of rotatable bonds is 10. The molecule has 26 heavy (non-hydrogen) atoms. The van der Waals surface area contributed by atoms with Crippen molar-refractivity contribution < 1.29 is 9.90 Å². The minimum atomic E-state index is -0.974. The van der Waals surface area contributed by atoms with E-state index in [1.54, 1.807) is 12.1 Å². The molecule has 0 spiro atoms. The Morgan fingerprint density at radius 1 is 1.04 bits per heavy atom. The molecule has 0 aliphatic heterocycles. The first-order chi connectivity index (χ1) is 12.1. The maximum absolute atomic E-state index is 11.6. The van der Waals surface area contributed by atoms with Crippen LogP contribution < -0.4 is 11.5 Å². The Hall–Kier alpha value is -1.83. The van der Waals surface area contributed by atoms with Crippen LogP contribution in [0.25, 0.3) is 0 Å². The van der Waals surface area contributed by atoms with E-state index >= 15 is 0 Å². The van der Waals surface area contributed by atoms with Gasteiger partial charge in [-0.2, -0.15) is 0 Å². The van der Waals surface area contributed by atoms with Crippen molar-refractivity contribution in [1.29, 1.82) is 0 Å². The SMILES string of the molecule is CCC(N(C)C)N(CCc1c(C(=O)O)ccc(N)c1N)C(CC)N(C)C. The van der Waals surface area contributed by atoms with Gasteiger partial charge < -0.3 is 16.6 Å². The van der Waals surface area contributed by atoms with Gasteiger partial charge in [-0.25, -0.2) is 4.79 Å². The fraction of sp³-hybridized carbons (Fsp3) is 0.632. The molecule has 5 N–H and O–H groups in total. The van der Waals surface area contributed by atoms with Crippen molar-refractivity contribution in [3.63, 3.8) is 0 Å². The Morgan fingerprint density at radius 3 is 1.92 bits per heavy atom. The van der Waals surface area contributed by atoms with Crippen LogP contribution in [0.5, 0.6) is 0 Å². The highest BCUT2D eigenvalue weighted by atomic mass is 16.4. The molecule has 0 heterocycles. The molecular weight excluding hydrogens is 330 g/mol. The zero-order valence-corrected chi connectivity index (χ0v) is 17.0. The fourth-order valence-electron chi connectivity index (χ4n) is 3.68. The summed E-state index contributed by atoms with van der Waals surface area (Å²) in [6, 6.07) is 3.10. The van der Waals surface area contributed by atoms with Crippen LogP contribution in [-0.4, -0.2) is 72.8 Å². The van der Waals surface area contributed by atoms with Crippen molar-refractivity contribution in [3.05, 3.63) is 23.3 Å². The summed E-state index contributed by atoms with van der Waals surface area (Å²) in [6.45, 7) is 5.02. The van der Waals surface area contributed by atoms with Gasteiger partial charge in [0.2, 0.25) is 0 Å². The Balaban J connectivity index is 3.21. The molecular formula is C19H35N5O2. The average Bonchev–Trinajstić information content (AvgIpc) is 2.55. The van der Waals surface area contributed by atoms with Crippen molar-refractivity contribution in [2.75, 3.05) is 46.2 Å². The Bertz CT molecular complexity index is 588. The molecule has 1 aromatic rings. The van der Waals surface area contributed by atoms with Gasteiger partial charge in [0, 0.05) is 6.54 Å². The normalized spacial score (nSPS) is 14.2. The van der Waals surface area contributed by atoms with Gasteiger partial charge in [0.25, 0.3) is 0 Å². The molecule has 148 valence electrons. The second kappa shape index (κ2) is 9.75. The topological polar surface area (TPSA) is 99.1 Å². The average molecular weight is 366 g/mol. The lowest BCUT2D eigenvalue weighted by molar-refractivity contribution is -0.0186. The molecule has 0 bridgehead atoms. The van der Waals surface area contributed by atoms with Crippen LogP contribution in [0.15, 0.2) is 12.1 Å². The van der Waals surface area contributed by atoms with Gasteiger partial charge >= 0.3 is 5.97 Å². The monoisotopic (exact) mass is 365 g/mol. The largest absolute Gasteiger partial charge is 0.478 e. The highest BCUT2D eigenvalue weighted by Gasteiger charge is 2.27. The molecule has 0 saturated carbocycles. The van der Waals surface area contributed by atoms with E-state index in [1.807, 2.05) is 0 Å². The van der Waals surface area contributed by atoms with E-state index in [1.165, 1.54) is 0 Å². The number of carbonyl (C=O) groups is 1. The van der Waals surface area contributed by atoms with Crippen LogP contribution in [0.4, 0.5) is 11.4 Å². The summed E-state index contributed by atoms with van der Waals surface area (Å²) in [4.78, 5) is 18.4. The number of nitrogens with two attached hydrogens (primary N) is 2. The van der Waals surface area contributed by atoms with E-state index in [9.17, 15) is 9.90 Å². The number of nitrogen functional groups attached to an aromatic ring is 2. The lowest BCUT2D eigenvalue weighted by Gasteiger charge is -2.43. The van der Waals surface area contributed by atoms with Gasteiger partial charge in [-0.15, -0.1) is 0 Å². The number of aromatic carboxylic acids is 1. The van der Waals surface area contributed by atoms with Crippen LogP contribution in [0, 0.1) is 0 Å². The van der Waals surface area contributed by atoms with Gasteiger partial charge in [-0.05, 0) is 65.1 Å². The van der Waals surface area contributed by atoms with Crippen molar-refractivity contribution in [3.8, 4) is 0 Å². The highest BCUT2D eigenvalue weighted by molar-refractivity contribution is 5.93. The molecule has 0 aliphatic rings. The maximum Gasteiger partial charge on any atom is 0.336 e. The third-order valence-corrected chi connectivity index (χ3v) is 4.93. The zero-order chi connectivity index (χ0) is 20.0. The molecule has 0 fully saturated rings. The molecule has 1 rings (SSSR count). The van der Waals surface area contributed by atoms with Gasteiger partial charge in [0.1, 0.15) is 0 Å². The molecule has 0 amide bonds. The quantitative estimate of drug-likeness (QED) is 0.431. The molecule has 2 atom stereocenters. The van der Waals surface area contributed by atoms with Gasteiger partial charge in [-0.3, -0.25) is 14.7 Å². The highest BCUT2D eigenvalue weighted by Crippen LogP contribution is 2.26. The van der Waals surface area contributed by atoms with E-state index in [0.717, 1.165) is 12.8 Å². The molecule has 0 aromatic heterocycles. The predicted molar refractivity (Wildman–Crippen MR) is 108 cm³/mol. The molecule has 1 aromatic carbocycles. The summed E-state index contributed by atoms with van der Waals surface area (Å²) < 4.78 is 0. The van der Waals surface area contributed by atoms with Gasteiger partial charge in [0.05, 0.1) is 29.3 Å². The van der Waals surface area contributed by atoms with Crippen molar-refractivity contribution in [2.45, 2.75) is 45.4 Å².